The van der Waals surface area contributed by atoms with Gasteiger partial charge in [0.05, 0.1) is 22.4 Å². The summed E-state index contributed by atoms with van der Waals surface area (Å²) < 4.78 is 10.8. The van der Waals surface area contributed by atoms with E-state index in [-0.39, 0.29) is 0 Å². The van der Waals surface area contributed by atoms with Crippen LogP contribution in [0.1, 0.15) is 17.0 Å². The van der Waals surface area contributed by atoms with Crippen LogP contribution in [-0.4, -0.2) is 19.3 Å². The van der Waals surface area contributed by atoms with E-state index >= 15 is 0 Å². The third kappa shape index (κ3) is 4.83. The third-order valence-electron chi connectivity index (χ3n) is 8.63. The molecule has 0 unspecified atom stereocenters. The number of aryl methyl sites for hydroxylation is 2. The van der Waals surface area contributed by atoms with Crippen LogP contribution in [0.2, 0.25) is 0 Å². The normalized spacial score (nSPS) is 11.4. The molecule has 5 nitrogen and oxygen atoms in total. The number of nitrogens with zero attached hydrogens (tertiary/aromatic N) is 4. The van der Waals surface area contributed by atoms with Crippen molar-refractivity contribution in [3.05, 3.63) is 157 Å². The molecule has 0 fully saturated rings. The van der Waals surface area contributed by atoms with E-state index in [9.17, 15) is 0 Å². The lowest BCUT2D eigenvalue weighted by atomic mass is 10.0. The van der Waals surface area contributed by atoms with Crippen molar-refractivity contribution in [2.45, 2.75) is 20.8 Å². The Morgan fingerprint density at radius 2 is 1.33 bits per heavy atom. The van der Waals surface area contributed by atoms with Gasteiger partial charge in [-0.3, -0.25) is 4.57 Å². The van der Waals surface area contributed by atoms with E-state index in [0.29, 0.717) is 0 Å². The Morgan fingerprint density at radius 1 is 0.565 bits per heavy atom. The highest BCUT2D eigenvalue weighted by molar-refractivity contribution is 6.10. The largest absolute Gasteiger partial charge is 0.457 e. The summed E-state index contributed by atoms with van der Waals surface area (Å²) in [6.45, 7) is 6.28. The van der Waals surface area contributed by atoms with E-state index < -0.39 is 0 Å². The van der Waals surface area contributed by atoms with Crippen molar-refractivity contribution >= 4 is 21.8 Å². The van der Waals surface area contributed by atoms with Gasteiger partial charge in [-0.15, -0.1) is 0 Å². The Hall–Kier alpha value is -5.94. The van der Waals surface area contributed by atoms with Crippen LogP contribution in [0.15, 0.2) is 140 Å². The van der Waals surface area contributed by atoms with Crippen molar-refractivity contribution in [1.82, 2.24) is 19.3 Å². The molecular formula is C41H32N4O. The van der Waals surface area contributed by atoms with Crippen LogP contribution in [0.3, 0.4) is 0 Å². The van der Waals surface area contributed by atoms with Crippen LogP contribution in [0.5, 0.6) is 11.5 Å². The summed E-state index contributed by atoms with van der Waals surface area (Å²) in [5.41, 5.74) is 11.0. The fourth-order valence-electron chi connectivity index (χ4n) is 6.50. The lowest BCUT2D eigenvalue weighted by Gasteiger charge is -2.11. The molecule has 0 amide bonds. The number of benzene rings is 5. The maximum Gasteiger partial charge on any atom is 0.137 e. The molecule has 46 heavy (non-hydrogen) atoms. The Bertz CT molecular complexity index is 2370. The molecule has 0 bridgehead atoms. The van der Waals surface area contributed by atoms with Gasteiger partial charge < -0.3 is 4.74 Å². The lowest BCUT2D eigenvalue weighted by molar-refractivity contribution is 0.483. The second-order valence-corrected chi connectivity index (χ2v) is 11.7. The van der Waals surface area contributed by atoms with Crippen molar-refractivity contribution < 1.29 is 4.74 Å². The van der Waals surface area contributed by atoms with E-state index in [2.05, 4.69) is 122 Å². The molecular weight excluding hydrogens is 564 g/mol. The van der Waals surface area contributed by atoms with E-state index in [1.807, 2.05) is 47.3 Å². The van der Waals surface area contributed by atoms with Gasteiger partial charge in [-0.05, 0) is 91.6 Å². The Kier molecular flexibility index (Phi) is 6.72. The molecule has 3 heterocycles. The molecule has 8 rings (SSSR count). The van der Waals surface area contributed by atoms with Crippen LogP contribution < -0.4 is 4.74 Å². The summed E-state index contributed by atoms with van der Waals surface area (Å²) in [7, 11) is 0. The molecule has 0 aliphatic heterocycles. The summed E-state index contributed by atoms with van der Waals surface area (Å²) in [5.74, 6) is 2.38. The number of pyridine rings is 1. The van der Waals surface area contributed by atoms with Gasteiger partial charge in [-0.2, -0.15) is 5.10 Å². The molecule has 0 radical (unpaired) electrons. The number of fused-ring (bicyclic) bond motifs is 3. The Labute approximate surface area is 268 Å². The topological polar surface area (TPSA) is 44.9 Å². The average molecular weight is 597 g/mol. The fourth-order valence-corrected chi connectivity index (χ4v) is 6.50. The predicted octanol–water partition coefficient (Wildman–Crippen LogP) is 10.4. The highest BCUT2D eigenvalue weighted by Crippen LogP contribution is 2.37. The maximum atomic E-state index is 6.54. The van der Waals surface area contributed by atoms with Gasteiger partial charge in [0.2, 0.25) is 0 Å². The van der Waals surface area contributed by atoms with E-state index in [0.717, 1.165) is 61.9 Å². The van der Waals surface area contributed by atoms with Crippen LogP contribution in [-0.2, 0) is 0 Å². The van der Waals surface area contributed by atoms with Crippen molar-refractivity contribution in [3.8, 4) is 45.3 Å². The van der Waals surface area contributed by atoms with Gasteiger partial charge in [0.25, 0.3) is 0 Å². The quantitative estimate of drug-likeness (QED) is 0.192. The summed E-state index contributed by atoms with van der Waals surface area (Å²) in [6, 6.07) is 46.2. The number of rotatable bonds is 6. The number of hydrogen-bond donors (Lipinski definition) is 0. The molecule has 0 spiro atoms. The minimum atomic E-state index is 0.744. The second kappa shape index (κ2) is 11.2. The average Bonchev–Trinajstić information content (AvgIpc) is 3.57. The SMILES string of the molecule is Cc1ccnc(-n2c3ccc(-c4ccccc4)cc3c3ccc(Oc4cccc(-n5nc(C)c(-c6ccccc6)c5C)c4)cc32)c1. The number of aromatic nitrogens is 4. The minimum Gasteiger partial charge on any atom is -0.457 e. The Balaban J connectivity index is 1.21. The summed E-state index contributed by atoms with van der Waals surface area (Å²) in [6.07, 6.45) is 1.87. The molecule has 0 atom stereocenters. The van der Waals surface area contributed by atoms with Crippen LogP contribution in [0.4, 0.5) is 0 Å². The minimum absolute atomic E-state index is 0.744. The first-order valence-corrected chi connectivity index (χ1v) is 15.5. The molecule has 0 aliphatic carbocycles. The molecule has 8 aromatic rings. The molecule has 3 aromatic heterocycles. The molecule has 0 saturated heterocycles. The van der Waals surface area contributed by atoms with Crippen LogP contribution >= 0.6 is 0 Å². The van der Waals surface area contributed by atoms with Gasteiger partial charge in [0.1, 0.15) is 17.3 Å². The first-order chi connectivity index (χ1) is 22.5. The summed E-state index contributed by atoms with van der Waals surface area (Å²) >= 11 is 0. The first-order valence-electron chi connectivity index (χ1n) is 15.5. The third-order valence-corrected chi connectivity index (χ3v) is 8.63. The van der Waals surface area contributed by atoms with Gasteiger partial charge in [-0.1, -0.05) is 72.8 Å². The summed E-state index contributed by atoms with van der Waals surface area (Å²) in [4.78, 5) is 4.77. The second-order valence-electron chi connectivity index (χ2n) is 11.7. The molecule has 5 heteroatoms. The Morgan fingerprint density at radius 3 is 2.11 bits per heavy atom. The van der Waals surface area contributed by atoms with E-state index in [1.54, 1.807) is 0 Å². The zero-order valence-electron chi connectivity index (χ0n) is 26.0. The lowest BCUT2D eigenvalue weighted by Crippen LogP contribution is -1.99. The zero-order valence-corrected chi connectivity index (χ0v) is 26.0. The van der Waals surface area contributed by atoms with E-state index in [4.69, 9.17) is 14.8 Å². The van der Waals surface area contributed by atoms with Gasteiger partial charge in [0, 0.05) is 40.4 Å². The molecule has 0 saturated carbocycles. The van der Waals surface area contributed by atoms with Crippen molar-refractivity contribution in [2.24, 2.45) is 0 Å². The monoisotopic (exact) mass is 596 g/mol. The molecule has 0 N–H and O–H groups in total. The summed E-state index contributed by atoms with van der Waals surface area (Å²) in [5, 5.41) is 7.22. The van der Waals surface area contributed by atoms with Crippen molar-refractivity contribution in [2.75, 3.05) is 0 Å². The zero-order chi connectivity index (χ0) is 31.2. The van der Waals surface area contributed by atoms with Crippen molar-refractivity contribution in [3.63, 3.8) is 0 Å². The first kappa shape index (κ1) is 27.6. The van der Waals surface area contributed by atoms with Crippen LogP contribution in [0, 0.1) is 20.8 Å². The smallest absolute Gasteiger partial charge is 0.137 e. The molecule has 0 aliphatic rings. The van der Waals surface area contributed by atoms with Gasteiger partial charge >= 0.3 is 0 Å². The number of ether oxygens (including phenoxy) is 1. The maximum absolute atomic E-state index is 6.54. The highest BCUT2D eigenvalue weighted by atomic mass is 16.5. The highest BCUT2D eigenvalue weighted by Gasteiger charge is 2.17. The van der Waals surface area contributed by atoms with Gasteiger partial charge in [0.15, 0.2) is 0 Å². The van der Waals surface area contributed by atoms with Crippen molar-refractivity contribution in [1.29, 1.82) is 0 Å². The van der Waals surface area contributed by atoms with E-state index in [1.165, 1.54) is 22.1 Å². The predicted molar refractivity (Wildman–Crippen MR) is 187 cm³/mol. The molecule has 222 valence electrons. The molecule has 5 aromatic carbocycles. The fraction of sp³-hybridized carbons (Fsp3) is 0.0732. The van der Waals surface area contributed by atoms with Gasteiger partial charge in [-0.25, -0.2) is 9.67 Å². The number of hydrogen-bond acceptors (Lipinski definition) is 3. The standard InChI is InChI=1S/C41H32N4O/c1-27-21-22-42-40(23-27)44-38-20-17-32(30-11-6-4-7-12-30)24-37(38)36-19-18-35(26-39(36)44)46-34-16-10-15-33(25-34)45-29(3)41(28(2)43-45)31-13-8-5-9-14-31/h4-26H,1-3H3. The van der Waals surface area contributed by atoms with Crippen LogP contribution in [0.25, 0.3) is 55.6 Å².